The van der Waals surface area contributed by atoms with E-state index >= 15 is 0 Å². The van der Waals surface area contributed by atoms with Crippen LogP contribution >= 0.6 is 12.6 Å². The zero-order chi connectivity index (χ0) is 15.2. The molecule has 0 spiro atoms. The Bertz CT molecular complexity index is 401. The number of amides is 1. The van der Waals surface area contributed by atoms with Crippen molar-refractivity contribution >= 4 is 18.7 Å². The van der Waals surface area contributed by atoms with E-state index in [4.69, 9.17) is 9.47 Å². The predicted molar refractivity (Wildman–Crippen MR) is 83.2 cm³/mol. The van der Waals surface area contributed by atoms with Crippen LogP contribution in [0.25, 0.3) is 0 Å². The molecule has 1 atom stereocenters. The zero-order valence-electron chi connectivity index (χ0n) is 12.5. The number of rotatable bonds is 3. The van der Waals surface area contributed by atoms with E-state index in [9.17, 15) is 4.79 Å². The van der Waals surface area contributed by atoms with Gasteiger partial charge in [-0.25, -0.2) is 4.79 Å². The lowest BCUT2D eigenvalue weighted by atomic mass is 10.2. The molecule has 0 saturated carbocycles. The third kappa shape index (κ3) is 8.82. The molecule has 0 radical (unpaired) electrons. The van der Waals surface area contributed by atoms with E-state index in [1.807, 2.05) is 0 Å². The molecule has 112 valence electrons. The van der Waals surface area contributed by atoms with E-state index in [2.05, 4.69) is 56.1 Å². The molecule has 1 heterocycles. The topological polar surface area (TPSA) is 50.9 Å². The Morgan fingerprint density at radius 3 is 2.15 bits per heavy atom. The van der Waals surface area contributed by atoms with Crippen LogP contribution in [-0.4, -0.2) is 30.3 Å². The largest absolute Gasteiger partial charge is 0.433 e. The average molecular weight is 297 g/mol. The lowest BCUT2D eigenvalue weighted by Crippen LogP contribution is -2.33. The fraction of sp³-hybridized carbons (Fsp3) is 0.533. The first-order valence-corrected chi connectivity index (χ1v) is 7.05. The molecule has 1 unspecified atom stereocenters. The fourth-order valence-corrected chi connectivity index (χ4v) is 1.37. The number of alkyl carbamates (subject to hydrolysis) is 1. The van der Waals surface area contributed by atoms with E-state index in [1.165, 1.54) is 11.1 Å². The molecule has 2 rings (SSSR count). The highest BCUT2D eigenvalue weighted by atomic mass is 32.1. The second kappa shape index (κ2) is 7.55. The van der Waals surface area contributed by atoms with Crippen molar-refractivity contribution in [3.05, 3.63) is 35.4 Å². The maximum absolute atomic E-state index is 11.0. The minimum atomic E-state index is -0.728. The first-order chi connectivity index (χ1) is 9.26. The summed E-state index contributed by atoms with van der Waals surface area (Å²) in [5.41, 5.74) is 2.66. The number of benzene rings is 1. The maximum atomic E-state index is 11.0. The van der Waals surface area contributed by atoms with E-state index in [0.717, 1.165) is 6.61 Å². The van der Waals surface area contributed by atoms with Crippen LogP contribution in [0.5, 0.6) is 0 Å². The lowest BCUT2D eigenvalue weighted by Gasteiger charge is -2.18. The molecule has 1 aromatic carbocycles. The number of aryl methyl sites for hydroxylation is 2. The van der Waals surface area contributed by atoms with Crippen molar-refractivity contribution in [3.63, 3.8) is 0 Å². The molecule has 20 heavy (non-hydrogen) atoms. The van der Waals surface area contributed by atoms with Gasteiger partial charge in [0.2, 0.25) is 0 Å². The molecule has 5 heteroatoms. The predicted octanol–water partition coefficient (Wildman–Crippen LogP) is 3.08. The molecule has 1 aliphatic heterocycles. The summed E-state index contributed by atoms with van der Waals surface area (Å²) in [7, 11) is 0. The molecule has 0 bridgehead atoms. The van der Waals surface area contributed by atoms with Gasteiger partial charge in [-0.3, -0.25) is 0 Å². The van der Waals surface area contributed by atoms with Crippen molar-refractivity contribution in [3.8, 4) is 0 Å². The molecule has 1 fully saturated rings. The number of hydrogen-bond donors (Lipinski definition) is 2. The number of epoxide rings is 1. The first kappa shape index (κ1) is 16.9. The highest BCUT2D eigenvalue weighted by molar-refractivity contribution is 7.81. The Labute approximate surface area is 126 Å². The van der Waals surface area contributed by atoms with Gasteiger partial charge >= 0.3 is 6.09 Å². The van der Waals surface area contributed by atoms with Gasteiger partial charge in [0.25, 0.3) is 0 Å². The number of hydrogen-bond acceptors (Lipinski definition) is 4. The smallest absolute Gasteiger partial charge is 0.408 e. The summed E-state index contributed by atoms with van der Waals surface area (Å²) >= 11 is 4.04. The van der Waals surface area contributed by atoms with Gasteiger partial charge in [-0.05, 0) is 27.7 Å². The van der Waals surface area contributed by atoms with Gasteiger partial charge in [0.05, 0.1) is 12.7 Å². The van der Waals surface area contributed by atoms with Crippen molar-refractivity contribution in [2.45, 2.75) is 38.7 Å². The second-order valence-electron chi connectivity index (χ2n) is 5.33. The molecule has 1 aromatic rings. The van der Waals surface area contributed by atoms with Crippen LogP contribution in [0.3, 0.4) is 0 Å². The third-order valence-corrected chi connectivity index (χ3v) is 2.53. The quantitative estimate of drug-likeness (QED) is 0.512. The van der Waals surface area contributed by atoms with E-state index in [-0.39, 0.29) is 6.10 Å². The summed E-state index contributed by atoms with van der Waals surface area (Å²) in [4.78, 5) is 10.2. The molecule has 1 amide bonds. The van der Waals surface area contributed by atoms with Crippen LogP contribution in [-0.2, 0) is 9.47 Å². The molecular formula is C15H23NO3S. The highest BCUT2D eigenvalue weighted by Crippen LogP contribution is 2.13. The first-order valence-electron chi connectivity index (χ1n) is 6.60. The molecule has 1 N–H and O–H groups in total. The summed E-state index contributed by atoms with van der Waals surface area (Å²) in [6.45, 7) is 8.83. The van der Waals surface area contributed by atoms with Crippen LogP contribution in [0, 0.1) is 13.8 Å². The van der Waals surface area contributed by atoms with Gasteiger partial charge in [0, 0.05) is 6.54 Å². The summed E-state index contributed by atoms with van der Waals surface area (Å²) < 4.78 is 9.77. The Balaban J connectivity index is 0.000000217. The van der Waals surface area contributed by atoms with Crippen molar-refractivity contribution < 1.29 is 14.3 Å². The van der Waals surface area contributed by atoms with E-state index < -0.39 is 11.0 Å². The lowest BCUT2D eigenvalue weighted by molar-refractivity contribution is 0.0982. The minimum absolute atomic E-state index is 0.181. The molecule has 0 aromatic heterocycles. The number of nitrogens with one attached hydrogen (secondary N) is 1. The zero-order valence-corrected chi connectivity index (χ0v) is 13.4. The summed E-state index contributed by atoms with van der Waals surface area (Å²) in [6.07, 6.45) is -0.272. The number of carbonyl (C=O) groups excluding carboxylic acids is 1. The van der Waals surface area contributed by atoms with E-state index in [1.54, 1.807) is 13.8 Å². The number of ether oxygens (including phenoxy) is 2. The Morgan fingerprint density at radius 1 is 1.35 bits per heavy atom. The van der Waals surface area contributed by atoms with Gasteiger partial charge in [-0.1, -0.05) is 35.4 Å². The molecule has 4 nitrogen and oxygen atoms in total. The van der Waals surface area contributed by atoms with Gasteiger partial charge in [-0.15, -0.1) is 12.6 Å². The minimum Gasteiger partial charge on any atom is -0.433 e. The Morgan fingerprint density at radius 2 is 1.80 bits per heavy atom. The Hall–Kier alpha value is -1.20. The standard InChI is InChI=1S/C8H10.C7H13NO3S/c1-7-3-5-8(2)6-4-7;1-7(2,12)11-6(9)8-3-5-4-10-5/h3-6H,1-2H3;5,12H,3-4H2,1-2H3,(H,8,9). The average Bonchev–Trinajstić information content (AvgIpc) is 3.13. The van der Waals surface area contributed by atoms with Crippen LogP contribution in [0.15, 0.2) is 24.3 Å². The van der Waals surface area contributed by atoms with Crippen molar-refractivity contribution in [1.29, 1.82) is 0 Å². The van der Waals surface area contributed by atoms with Crippen molar-refractivity contribution in [2.24, 2.45) is 0 Å². The molecular weight excluding hydrogens is 274 g/mol. The Kier molecular flexibility index (Phi) is 6.36. The molecule has 0 aliphatic carbocycles. The molecule has 1 saturated heterocycles. The van der Waals surface area contributed by atoms with Crippen LogP contribution in [0.2, 0.25) is 0 Å². The van der Waals surface area contributed by atoms with E-state index in [0.29, 0.717) is 6.54 Å². The van der Waals surface area contributed by atoms with Crippen LogP contribution in [0.4, 0.5) is 4.79 Å². The normalized spacial score (nSPS) is 16.8. The number of thiol groups is 1. The van der Waals surface area contributed by atoms with Crippen LogP contribution in [0.1, 0.15) is 25.0 Å². The van der Waals surface area contributed by atoms with Crippen molar-refractivity contribution in [2.75, 3.05) is 13.2 Å². The monoisotopic (exact) mass is 297 g/mol. The van der Waals surface area contributed by atoms with Gasteiger partial charge in [-0.2, -0.15) is 0 Å². The van der Waals surface area contributed by atoms with Gasteiger partial charge < -0.3 is 14.8 Å². The third-order valence-electron chi connectivity index (χ3n) is 2.44. The summed E-state index contributed by atoms with van der Waals surface area (Å²) in [5.74, 6) is 0. The van der Waals surface area contributed by atoms with Gasteiger partial charge in [0.15, 0.2) is 4.93 Å². The van der Waals surface area contributed by atoms with Crippen molar-refractivity contribution in [1.82, 2.24) is 5.32 Å². The number of carbonyl (C=O) groups is 1. The second-order valence-corrected chi connectivity index (χ2v) is 6.40. The molecule has 1 aliphatic rings. The maximum Gasteiger partial charge on any atom is 0.408 e. The van der Waals surface area contributed by atoms with Gasteiger partial charge in [0.1, 0.15) is 0 Å². The van der Waals surface area contributed by atoms with Crippen LogP contribution < -0.4 is 5.32 Å². The SMILES string of the molecule is CC(C)(S)OC(=O)NCC1CO1.Cc1ccc(C)cc1. The fourth-order valence-electron chi connectivity index (χ4n) is 1.28. The summed E-state index contributed by atoms with van der Waals surface area (Å²) in [5, 5.41) is 2.57. The summed E-state index contributed by atoms with van der Waals surface area (Å²) in [6, 6.07) is 8.48. The highest BCUT2D eigenvalue weighted by Gasteiger charge is 2.24.